The largest absolute Gasteiger partial charge is 0.495 e. The molecule has 0 bridgehead atoms. The number of aromatic nitrogens is 1. The standard InChI is InChI=1S/C23H22N4O3S/c1-3-12-26-19(14-21(28)25-16-9-8-15-10-11-24-17(15)13-16)22(29)27(23(26)31)18-6-4-5-7-20(18)30-2/h3-11,13,19,24H,1,12,14H2,2H3,(H,25,28). The molecule has 31 heavy (non-hydrogen) atoms. The van der Waals surface area contributed by atoms with E-state index in [1.165, 1.54) is 12.0 Å². The van der Waals surface area contributed by atoms with Gasteiger partial charge < -0.3 is 19.9 Å². The van der Waals surface area contributed by atoms with Crippen LogP contribution >= 0.6 is 12.2 Å². The van der Waals surface area contributed by atoms with Crippen molar-refractivity contribution in [2.24, 2.45) is 0 Å². The Kier molecular flexibility index (Phi) is 5.73. The molecule has 1 saturated heterocycles. The molecule has 0 aliphatic carbocycles. The summed E-state index contributed by atoms with van der Waals surface area (Å²) >= 11 is 5.59. The zero-order chi connectivity index (χ0) is 22.0. The molecule has 4 rings (SSSR count). The van der Waals surface area contributed by atoms with E-state index in [4.69, 9.17) is 17.0 Å². The number of amides is 2. The van der Waals surface area contributed by atoms with Gasteiger partial charge in [-0.1, -0.05) is 24.3 Å². The zero-order valence-corrected chi connectivity index (χ0v) is 17.8. The lowest BCUT2D eigenvalue weighted by molar-refractivity contribution is -0.124. The number of methoxy groups -OCH3 is 1. The van der Waals surface area contributed by atoms with E-state index < -0.39 is 6.04 Å². The van der Waals surface area contributed by atoms with Crippen LogP contribution in [0.25, 0.3) is 10.9 Å². The fourth-order valence-electron chi connectivity index (χ4n) is 3.73. The van der Waals surface area contributed by atoms with Crippen LogP contribution in [0.1, 0.15) is 6.42 Å². The Morgan fingerprint density at radius 3 is 2.87 bits per heavy atom. The van der Waals surface area contributed by atoms with Crippen molar-refractivity contribution in [3.05, 3.63) is 67.4 Å². The lowest BCUT2D eigenvalue weighted by Crippen LogP contribution is -2.37. The van der Waals surface area contributed by atoms with Gasteiger partial charge in [0.25, 0.3) is 5.91 Å². The van der Waals surface area contributed by atoms with E-state index in [1.807, 2.05) is 42.6 Å². The van der Waals surface area contributed by atoms with E-state index in [2.05, 4.69) is 16.9 Å². The molecule has 158 valence electrons. The number of thiocarbonyl (C=S) groups is 1. The van der Waals surface area contributed by atoms with Gasteiger partial charge in [0.2, 0.25) is 5.91 Å². The highest BCUT2D eigenvalue weighted by Gasteiger charge is 2.44. The van der Waals surface area contributed by atoms with Gasteiger partial charge in [-0.25, -0.2) is 0 Å². The van der Waals surface area contributed by atoms with E-state index in [9.17, 15) is 9.59 Å². The molecule has 0 radical (unpaired) electrons. The average Bonchev–Trinajstić information content (AvgIpc) is 3.32. The predicted molar refractivity (Wildman–Crippen MR) is 125 cm³/mol. The molecular weight excluding hydrogens is 412 g/mol. The Morgan fingerprint density at radius 2 is 2.10 bits per heavy atom. The summed E-state index contributed by atoms with van der Waals surface area (Å²) in [5, 5.41) is 4.25. The molecule has 1 aliphatic rings. The van der Waals surface area contributed by atoms with Crippen molar-refractivity contribution in [1.29, 1.82) is 0 Å². The summed E-state index contributed by atoms with van der Waals surface area (Å²) in [6.07, 6.45) is 3.46. The quantitative estimate of drug-likeness (QED) is 0.438. The van der Waals surface area contributed by atoms with E-state index in [0.717, 1.165) is 10.9 Å². The van der Waals surface area contributed by atoms with Gasteiger partial charge in [0.05, 0.1) is 19.2 Å². The Morgan fingerprint density at radius 1 is 1.29 bits per heavy atom. The van der Waals surface area contributed by atoms with Gasteiger partial charge in [0.15, 0.2) is 5.11 Å². The third-order valence-electron chi connectivity index (χ3n) is 5.19. The molecule has 1 aliphatic heterocycles. The SMILES string of the molecule is C=CCN1C(=S)N(c2ccccc2OC)C(=O)C1CC(=O)Nc1ccc2cc[nH]c2c1. The first-order chi connectivity index (χ1) is 15.0. The molecule has 1 aromatic heterocycles. The van der Waals surface area contributed by atoms with Crippen LogP contribution < -0.4 is 15.0 Å². The molecule has 3 aromatic rings. The summed E-state index contributed by atoms with van der Waals surface area (Å²) in [6, 6.07) is 14.0. The molecule has 1 atom stereocenters. The minimum absolute atomic E-state index is 0.0405. The van der Waals surface area contributed by atoms with Gasteiger partial charge in [-0.15, -0.1) is 6.58 Å². The second-order valence-corrected chi connectivity index (χ2v) is 7.48. The monoisotopic (exact) mass is 434 g/mol. The number of hydrogen-bond donors (Lipinski definition) is 2. The molecule has 2 N–H and O–H groups in total. The molecule has 7 nitrogen and oxygen atoms in total. The molecule has 1 unspecified atom stereocenters. The average molecular weight is 435 g/mol. The Hall–Kier alpha value is -3.65. The first kappa shape index (κ1) is 20.6. The Balaban J connectivity index is 1.56. The van der Waals surface area contributed by atoms with Gasteiger partial charge in [-0.3, -0.25) is 14.5 Å². The number of nitrogens with zero attached hydrogens (tertiary/aromatic N) is 2. The van der Waals surface area contributed by atoms with Crippen LogP contribution in [-0.2, 0) is 9.59 Å². The number of hydrogen-bond acceptors (Lipinski definition) is 4. The summed E-state index contributed by atoms with van der Waals surface area (Å²) in [7, 11) is 1.54. The highest BCUT2D eigenvalue weighted by atomic mass is 32.1. The van der Waals surface area contributed by atoms with E-state index >= 15 is 0 Å². The smallest absolute Gasteiger partial charge is 0.256 e. The van der Waals surface area contributed by atoms with Crippen molar-refractivity contribution in [3.63, 3.8) is 0 Å². The zero-order valence-electron chi connectivity index (χ0n) is 17.0. The van der Waals surface area contributed by atoms with Gasteiger partial charge in [-0.05, 0) is 47.9 Å². The number of rotatable bonds is 7. The van der Waals surface area contributed by atoms with Crippen LogP contribution in [0, 0.1) is 0 Å². The molecule has 2 heterocycles. The Labute approximate surface area is 185 Å². The van der Waals surface area contributed by atoms with Crippen molar-refractivity contribution >= 4 is 51.4 Å². The first-order valence-electron chi connectivity index (χ1n) is 9.79. The van der Waals surface area contributed by atoms with Crippen molar-refractivity contribution in [2.45, 2.75) is 12.5 Å². The number of fused-ring (bicyclic) bond motifs is 1. The van der Waals surface area contributed by atoms with Gasteiger partial charge in [-0.2, -0.15) is 0 Å². The number of para-hydroxylation sites is 2. The van der Waals surface area contributed by atoms with Gasteiger partial charge >= 0.3 is 0 Å². The highest BCUT2D eigenvalue weighted by molar-refractivity contribution is 7.80. The van der Waals surface area contributed by atoms with Crippen molar-refractivity contribution in [3.8, 4) is 5.75 Å². The summed E-state index contributed by atoms with van der Waals surface area (Å²) < 4.78 is 5.40. The maximum absolute atomic E-state index is 13.3. The number of H-pyrrole nitrogens is 1. The highest BCUT2D eigenvalue weighted by Crippen LogP contribution is 2.34. The third kappa shape index (κ3) is 3.89. The fraction of sp³-hybridized carbons (Fsp3) is 0.174. The summed E-state index contributed by atoms with van der Waals surface area (Å²) in [5.74, 6) is -0.0181. The molecule has 0 saturated carbocycles. The van der Waals surface area contributed by atoms with Gasteiger partial charge in [0.1, 0.15) is 11.8 Å². The van der Waals surface area contributed by atoms with Crippen LogP contribution in [-0.4, -0.2) is 46.5 Å². The topological polar surface area (TPSA) is 77.7 Å². The number of carbonyl (C=O) groups excluding carboxylic acids is 2. The van der Waals surface area contributed by atoms with Gasteiger partial charge in [0, 0.05) is 23.9 Å². The van der Waals surface area contributed by atoms with E-state index in [1.54, 1.807) is 23.1 Å². The second-order valence-electron chi connectivity index (χ2n) is 7.12. The van der Waals surface area contributed by atoms with Crippen LogP contribution in [0.15, 0.2) is 67.4 Å². The molecule has 8 heteroatoms. The van der Waals surface area contributed by atoms with Crippen molar-refractivity contribution in [2.75, 3.05) is 23.9 Å². The van der Waals surface area contributed by atoms with E-state index in [-0.39, 0.29) is 18.2 Å². The minimum Gasteiger partial charge on any atom is -0.495 e. The third-order valence-corrected chi connectivity index (χ3v) is 5.61. The maximum Gasteiger partial charge on any atom is 0.256 e. The van der Waals surface area contributed by atoms with Crippen LogP contribution in [0.3, 0.4) is 0 Å². The lowest BCUT2D eigenvalue weighted by Gasteiger charge is -2.22. The minimum atomic E-state index is -0.732. The van der Waals surface area contributed by atoms with Crippen LogP contribution in [0.4, 0.5) is 11.4 Å². The van der Waals surface area contributed by atoms with E-state index in [0.29, 0.717) is 28.8 Å². The maximum atomic E-state index is 13.3. The lowest BCUT2D eigenvalue weighted by atomic mass is 10.1. The molecule has 2 aromatic carbocycles. The molecule has 2 amide bonds. The Bertz CT molecular complexity index is 1170. The summed E-state index contributed by atoms with van der Waals surface area (Å²) in [5.41, 5.74) is 2.13. The van der Waals surface area contributed by atoms with Crippen LogP contribution in [0.2, 0.25) is 0 Å². The molecule has 0 spiro atoms. The number of nitrogens with one attached hydrogen (secondary N) is 2. The number of anilines is 2. The molecule has 1 fully saturated rings. The van der Waals surface area contributed by atoms with Crippen molar-refractivity contribution in [1.82, 2.24) is 9.88 Å². The predicted octanol–water partition coefficient (Wildman–Crippen LogP) is 3.69. The fourth-order valence-corrected chi connectivity index (χ4v) is 4.12. The van der Waals surface area contributed by atoms with Crippen LogP contribution in [0.5, 0.6) is 5.75 Å². The van der Waals surface area contributed by atoms with Crippen molar-refractivity contribution < 1.29 is 14.3 Å². The second kappa shape index (κ2) is 8.61. The number of aromatic amines is 1. The first-order valence-corrected chi connectivity index (χ1v) is 10.2. The molecular formula is C23H22N4O3S. The number of benzene rings is 2. The number of ether oxygens (including phenoxy) is 1. The summed E-state index contributed by atoms with van der Waals surface area (Å²) in [6.45, 7) is 4.11. The normalized spacial score (nSPS) is 16.1. The number of carbonyl (C=O) groups is 2. The summed E-state index contributed by atoms with van der Waals surface area (Å²) in [4.78, 5) is 32.4.